The number of rotatable bonds is 2. The number of amides is 1. The van der Waals surface area contributed by atoms with Crippen LogP contribution in [0.25, 0.3) is 0 Å². The Kier molecular flexibility index (Phi) is 4.59. The molecule has 0 aromatic heterocycles. The van der Waals surface area contributed by atoms with Crippen LogP contribution in [0.5, 0.6) is 0 Å². The monoisotopic (exact) mass is 377 g/mol. The molecular formula is C14H17Cl2N3O3S. The Morgan fingerprint density at radius 3 is 2.48 bits per heavy atom. The maximum atomic E-state index is 13.1. The molecule has 1 amide bonds. The summed E-state index contributed by atoms with van der Waals surface area (Å²) in [5, 5.41) is 3.17. The van der Waals surface area contributed by atoms with Crippen molar-refractivity contribution >= 4 is 39.1 Å². The van der Waals surface area contributed by atoms with Crippen molar-refractivity contribution in [2.75, 3.05) is 6.54 Å². The van der Waals surface area contributed by atoms with Crippen molar-refractivity contribution in [1.82, 2.24) is 9.62 Å². The molecule has 2 saturated heterocycles. The van der Waals surface area contributed by atoms with E-state index in [0.717, 1.165) is 6.42 Å². The van der Waals surface area contributed by atoms with E-state index in [1.165, 1.54) is 22.5 Å². The number of benzene rings is 1. The van der Waals surface area contributed by atoms with Crippen molar-refractivity contribution in [3.8, 4) is 0 Å². The van der Waals surface area contributed by atoms with Gasteiger partial charge in [-0.25, -0.2) is 8.42 Å². The number of halogens is 2. The van der Waals surface area contributed by atoms with E-state index in [1.807, 2.05) is 0 Å². The molecule has 2 aliphatic rings. The number of hydrogen-bond donors (Lipinski definition) is 2. The quantitative estimate of drug-likeness (QED) is 0.813. The summed E-state index contributed by atoms with van der Waals surface area (Å²) in [4.78, 5) is 12.2. The van der Waals surface area contributed by atoms with Gasteiger partial charge in [0.1, 0.15) is 6.04 Å². The number of carbonyl (C=O) groups is 1. The van der Waals surface area contributed by atoms with Crippen LogP contribution < -0.4 is 11.1 Å². The highest BCUT2D eigenvalue weighted by Gasteiger charge is 2.47. The molecule has 126 valence electrons. The Bertz CT molecular complexity index is 721. The predicted molar refractivity (Wildman–Crippen MR) is 87.9 cm³/mol. The number of carbonyl (C=O) groups excluding carboxylic acids is 1. The van der Waals surface area contributed by atoms with Gasteiger partial charge in [-0.15, -0.1) is 0 Å². The number of nitrogens with zero attached hydrogens (tertiary/aromatic N) is 1. The van der Waals surface area contributed by atoms with Gasteiger partial charge >= 0.3 is 0 Å². The highest BCUT2D eigenvalue weighted by molar-refractivity contribution is 7.89. The van der Waals surface area contributed by atoms with E-state index in [-0.39, 0.29) is 27.4 Å². The molecule has 2 aliphatic heterocycles. The Hall–Kier alpha value is -0.860. The van der Waals surface area contributed by atoms with E-state index in [1.54, 1.807) is 0 Å². The molecule has 2 unspecified atom stereocenters. The molecule has 3 atom stereocenters. The van der Waals surface area contributed by atoms with Gasteiger partial charge in [0, 0.05) is 28.7 Å². The van der Waals surface area contributed by atoms with Gasteiger partial charge < -0.3 is 11.1 Å². The Morgan fingerprint density at radius 1 is 1.17 bits per heavy atom. The lowest BCUT2D eigenvalue weighted by Crippen LogP contribution is -2.57. The average molecular weight is 378 g/mol. The molecule has 1 aromatic rings. The molecule has 1 aromatic carbocycles. The first-order chi connectivity index (χ1) is 10.8. The van der Waals surface area contributed by atoms with Gasteiger partial charge in [0.15, 0.2) is 0 Å². The molecule has 2 fully saturated rings. The molecule has 6 nitrogen and oxygen atoms in total. The Balaban J connectivity index is 2.11. The van der Waals surface area contributed by atoms with Crippen LogP contribution in [0.2, 0.25) is 10.0 Å². The van der Waals surface area contributed by atoms with Gasteiger partial charge in [0.05, 0.1) is 4.90 Å². The molecule has 0 aliphatic carbocycles. The first-order valence-corrected chi connectivity index (χ1v) is 9.53. The number of nitrogens with two attached hydrogens (primary N) is 1. The number of fused-ring (bicyclic) bond motifs is 2. The summed E-state index contributed by atoms with van der Waals surface area (Å²) < 4.78 is 27.5. The SMILES string of the molecule is N[C@@H]1CNC(=O)C2CCCC1N2S(=O)(=O)c1cc(Cl)cc(Cl)c1. The van der Waals surface area contributed by atoms with Crippen molar-refractivity contribution in [3.63, 3.8) is 0 Å². The van der Waals surface area contributed by atoms with Crippen LogP contribution in [-0.2, 0) is 14.8 Å². The fourth-order valence-electron chi connectivity index (χ4n) is 3.27. The minimum absolute atomic E-state index is 0.0196. The normalized spacial score (nSPS) is 29.0. The zero-order chi connectivity index (χ0) is 16.8. The fourth-order valence-corrected chi connectivity index (χ4v) is 5.88. The van der Waals surface area contributed by atoms with Gasteiger partial charge in [-0.2, -0.15) is 4.31 Å². The molecule has 9 heteroatoms. The zero-order valence-corrected chi connectivity index (χ0v) is 14.5. The van der Waals surface area contributed by atoms with E-state index >= 15 is 0 Å². The molecule has 2 heterocycles. The van der Waals surface area contributed by atoms with Gasteiger partial charge in [-0.3, -0.25) is 4.79 Å². The summed E-state index contributed by atoms with van der Waals surface area (Å²) >= 11 is 11.9. The number of nitrogens with one attached hydrogen (secondary N) is 1. The first kappa shape index (κ1) is 17.0. The van der Waals surface area contributed by atoms with E-state index in [2.05, 4.69) is 5.32 Å². The summed E-state index contributed by atoms with van der Waals surface area (Å²) in [5.74, 6) is -0.306. The van der Waals surface area contributed by atoms with Crippen molar-refractivity contribution in [2.24, 2.45) is 5.73 Å². The van der Waals surface area contributed by atoms with Crippen LogP contribution in [0.15, 0.2) is 23.1 Å². The summed E-state index contributed by atoms with van der Waals surface area (Å²) in [6.45, 7) is 0.266. The second kappa shape index (κ2) is 6.22. The molecule has 2 bridgehead atoms. The predicted octanol–water partition coefficient (Wildman–Crippen LogP) is 1.36. The third kappa shape index (κ3) is 3.08. The average Bonchev–Trinajstić information content (AvgIpc) is 2.56. The number of hydrogen-bond acceptors (Lipinski definition) is 4. The Labute approximate surface area is 145 Å². The van der Waals surface area contributed by atoms with E-state index in [4.69, 9.17) is 28.9 Å². The molecular weight excluding hydrogens is 361 g/mol. The van der Waals surface area contributed by atoms with Gasteiger partial charge in [-0.05, 0) is 37.5 Å². The third-order valence-electron chi connectivity index (χ3n) is 4.33. The van der Waals surface area contributed by atoms with Crippen molar-refractivity contribution < 1.29 is 13.2 Å². The van der Waals surface area contributed by atoms with Crippen LogP contribution in [0.3, 0.4) is 0 Å². The topological polar surface area (TPSA) is 92.5 Å². The van der Waals surface area contributed by atoms with Gasteiger partial charge in [-0.1, -0.05) is 23.2 Å². The summed E-state index contributed by atoms with van der Waals surface area (Å²) in [6.07, 6.45) is 1.86. The summed E-state index contributed by atoms with van der Waals surface area (Å²) in [6, 6.07) is 2.53. The second-order valence-electron chi connectivity index (χ2n) is 5.86. The first-order valence-electron chi connectivity index (χ1n) is 7.33. The smallest absolute Gasteiger partial charge is 0.244 e. The van der Waals surface area contributed by atoms with Crippen molar-refractivity contribution in [2.45, 2.75) is 42.3 Å². The number of sulfonamides is 1. The lowest BCUT2D eigenvalue weighted by Gasteiger charge is -2.39. The van der Waals surface area contributed by atoms with Crippen LogP contribution >= 0.6 is 23.2 Å². The molecule has 0 spiro atoms. The lowest BCUT2D eigenvalue weighted by molar-refractivity contribution is -0.125. The zero-order valence-electron chi connectivity index (χ0n) is 12.2. The van der Waals surface area contributed by atoms with Gasteiger partial charge in [0.2, 0.25) is 15.9 Å². The van der Waals surface area contributed by atoms with Crippen molar-refractivity contribution in [3.05, 3.63) is 28.2 Å². The van der Waals surface area contributed by atoms with Crippen LogP contribution in [0.1, 0.15) is 19.3 Å². The molecule has 0 saturated carbocycles. The molecule has 0 radical (unpaired) electrons. The van der Waals surface area contributed by atoms with Crippen LogP contribution in [-0.4, -0.2) is 43.3 Å². The molecule has 3 rings (SSSR count). The summed E-state index contributed by atoms with van der Waals surface area (Å²) in [5.41, 5.74) is 6.10. The highest BCUT2D eigenvalue weighted by Crippen LogP contribution is 2.34. The number of piperidine rings is 1. The molecule has 3 N–H and O–H groups in total. The second-order valence-corrected chi connectivity index (χ2v) is 8.58. The maximum absolute atomic E-state index is 13.1. The highest BCUT2D eigenvalue weighted by atomic mass is 35.5. The minimum Gasteiger partial charge on any atom is -0.353 e. The van der Waals surface area contributed by atoms with Gasteiger partial charge in [0.25, 0.3) is 0 Å². The minimum atomic E-state index is -3.93. The summed E-state index contributed by atoms with van der Waals surface area (Å²) in [7, 11) is -3.93. The fraction of sp³-hybridized carbons (Fsp3) is 0.500. The van der Waals surface area contributed by atoms with Crippen LogP contribution in [0, 0.1) is 0 Å². The van der Waals surface area contributed by atoms with E-state index in [9.17, 15) is 13.2 Å². The maximum Gasteiger partial charge on any atom is 0.244 e. The van der Waals surface area contributed by atoms with Crippen LogP contribution in [0.4, 0.5) is 0 Å². The molecule has 23 heavy (non-hydrogen) atoms. The Morgan fingerprint density at radius 2 is 1.83 bits per heavy atom. The largest absolute Gasteiger partial charge is 0.353 e. The van der Waals surface area contributed by atoms with E-state index < -0.39 is 28.1 Å². The van der Waals surface area contributed by atoms with Crippen molar-refractivity contribution in [1.29, 1.82) is 0 Å². The lowest BCUT2D eigenvalue weighted by atomic mass is 9.95. The van der Waals surface area contributed by atoms with E-state index in [0.29, 0.717) is 12.8 Å². The third-order valence-corrected chi connectivity index (χ3v) is 6.68. The standard InChI is InChI=1S/C14H17Cl2N3O3S/c15-8-4-9(16)6-10(5-8)23(21,22)19-12-2-1-3-13(19)14(20)18-7-11(12)17/h4-6,11-13H,1-3,7,17H2,(H,18,20)/t11-,12?,13?/m1/s1.